The van der Waals surface area contributed by atoms with Gasteiger partial charge in [-0.15, -0.1) is 11.3 Å². The summed E-state index contributed by atoms with van der Waals surface area (Å²) in [5, 5.41) is 6.03. The summed E-state index contributed by atoms with van der Waals surface area (Å²) in [6, 6.07) is 7.82. The summed E-state index contributed by atoms with van der Waals surface area (Å²) in [5.41, 5.74) is 2.80. The third kappa shape index (κ3) is 4.17. The lowest BCUT2D eigenvalue weighted by Crippen LogP contribution is -2.19. The Bertz CT molecular complexity index is 611. The molecule has 1 aromatic heterocycles. The van der Waals surface area contributed by atoms with Gasteiger partial charge in [0.05, 0.1) is 10.7 Å². The van der Waals surface area contributed by atoms with Gasteiger partial charge in [0, 0.05) is 23.1 Å². The molecule has 3 nitrogen and oxygen atoms in total. The van der Waals surface area contributed by atoms with Crippen molar-refractivity contribution in [3.8, 4) is 11.3 Å². The van der Waals surface area contributed by atoms with Gasteiger partial charge in [0.1, 0.15) is 0 Å². The van der Waals surface area contributed by atoms with Crippen LogP contribution < -0.4 is 5.32 Å². The predicted molar refractivity (Wildman–Crippen MR) is 85.0 cm³/mol. The summed E-state index contributed by atoms with van der Waals surface area (Å²) >= 11 is 1.63. The monoisotopic (exact) mass is 288 g/mol. The number of thiazole rings is 1. The summed E-state index contributed by atoms with van der Waals surface area (Å²) < 4.78 is 0. The molecular weight excluding hydrogens is 268 g/mol. The van der Waals surface area contributed by atoms with Crippen molar-refractivity contribution in [3.63, 3.8) is 0 Å². The molecule has 0 bridgehead atoms. The molecule has 0 saturated heterocycles. The van der Waals surface area contributed by atoms with Gasteiger partial charge in [-0.1, -0.05) is 32.9 Å². The van der Waals surface area contributed by atoms with E-state index in [1.54, 1.807) is 11.3 Å². The summed E-state index contributed by atoms with van der Waals surface area (Å²) in [6.45, 7) is 8.16. The van der Waals surface area contributed by atoms with Gasteiger partial charge in [-0.2, -0.15) is 0 Å². The number of carbonyl (C=O) groups excluding carboxylic acids is 1. The molecule has 2 aromatic rings. The maximum absolute atomic E-state index is 12.0. The minimum Gasteiger partial charge on any atom is -0.326 e. The second-order valence-electron chi connectivity index (χ2n) is 6.12. The minimum absolute atomic E-state index is 0.00623. The standard InChI is InChI=1S/C16H20N2OS/c1-11-17-14(10-20-11)12-6-5-7-13(8-12)18-15(19)9-16(2,3)4/h5-8,10H,9H2,1-4H3,(H,18,19). The quantitative estimate of drug-likeness (QED) is 0.904. The van der Waals surface area contributed by atoms with Crippen LogP contribution in [0.3, 0.4) is 0 Å². The third-order valence-electron chi connectivity index (χ3n) is 2.75. The molecule has 0 saturated carbocycles. The van der Waals surface area contributed by atoms with Crippen LogP contribution in [0.4, 0.5) is 5.69 Å². The number of hydrogen-bond donors (Lipinski definition) is 1. The molecule has 0 unspecified atom stereocenters. The molecule has 106 valence electrons. The van der Waals surface area contributed by atoms with Crippen LogP contribution in [0.2, 0.25) is 0 Å². The Balaban J connectivity index is 2.12. The number of carbonyl (C=O) groups is 1. The van der Waals surface area contributed by atoms with Crippen LogP contribution in [-0.4, -0.2) is 10.9 Å². The molecule has 4 heteroatoms. The maximum atomic E-state index is 12.0. The van der Waals surface area contributed by atoms with Gasteiger partial charge in [0.25, 0.3) is 0 Å². The van der Waals surface area contributed by atoms with Crippen molar-refractivity contribution < 1.29 is 4.79 Å². The summed E-state index contributed by atoms with van der Waals surface area (Å²) in [6.07, 6.45) is 0.507. The highest BCUT2D eigenvalue weighted by atomic mass is 32.1. The Kier molecular flexibility index (Phi) is 4.23. The molecule has 2 rings (SSSR count). The van der Waals surface area contributed by atoms with Gasteiger partial charge in [-0.05, 0) is 24.5 Å². The first-order chi connectivity index (χ1) is 9.33. The Morgan fingerprint density at radius 2 is 2.10 bits per heavy atom. The maximum Gasteiger partial charge on any atom is 0.224 e. The third-order valence-corrected chi connectivity index (χ3v) is 3.53. The highest BCUT2D eigenvalue weighted by Crippen LogP contribution is 2.25. The Morgan fingerprint density at radius 3 is 2.70 bits per heavy atom. The second-order valence-corrected chi connectivity index (χ2v) is 7.18. The van der Waals surface area contributed by atoms with E-state index in [2.05, 4.69) is 31.1 Å². The molecule has 0 aliphatic heterocycles. The zero-order chi connectivity index (χ0) is 14.8. The number of nitrogens with zero attached hydrogens (tertiary/aromatic N) is 1. The number of anilines is 1. The Hall–Kier alpha value is -1.68. The molecule has 0 spiro atoms. The number of aromatic nitrogens is 1. The molecule has 20 heavy (non-hydrogen) atoms. The van der Waals surface area contributed by atoms with Crippen LogP contribution >= 0.6 is 11.3 Å². The molecule has 1 amide bonds. The first-order valence-electron chi connectivity index (χ1n) is 6.66. The zero-order valence-electron chi connectivity index (χ0n) is 12.4. The highest BCUT2D eigenvalue weighted by Gasteiger charge is 2.16. The van der Waals surface area contributed by atoms with Crippen molar-refractivity contribution in [1.29, 1.82) is 0 Å². The molecule has 0 atom stereocenters. The lowest BCUT2D eigenvalue weighted by molar-refractivity contribution is -0.117. The molecule has 0 radical (unpaired) electrons. The van der Waals surface area contributed by atoms with Crippen LogP contribution in [0.1, 0.15) is 32.2 Å². The number of rotatable bonds is 3. The molecule has 1 aromatic carbocycles. The van der Waals surface area contributed by atoms with Crippen LogP contribution in [-0.2, 0) is 4.79 Å². The zero-order valence-corrected chi connectivity index (χ0v) is 13.2. The average molecular weight is 288 g/mol. The largest absolute Gasteiger partial charge is 0.326 e. The van der Waals surface area contributed by atoms with Crippen LogP contribution in [0, 0.1) is 12.3 Å². The molecule has 0 aliphatic rings. The fourth-order valence-corrected chi connectivity index (χ4v) is 2.56. The topological polar surface area (TPSA) is 42.0 Å². The molecule has 0 aliphatic carbocycles. The van der Waals surface area contributed by atoms with E-state index in [4.69, 9.17) is 0 Å². The smallest absolute Gasteiger partial charge is 0.224 e. The van der Waals surface area contributed by atoms with Gasteiger partial charge in [-0.25, -0.2) is 4.98 Å². The fourth-order valence-electron chi connectivity index (χ4n) is 1.94. The van der Waals surface area contributed by atoms with Crippen LogP contribution in [0.25, 0.3) is 11.3 Å². The first-order valence-corrected chi connectivity index (χ1v) is 7.54. The summed E-state index contributed by atoms with van der Waals surface area (Å²) in [4.78, 5) is 16.4. The van der Waals surface area contributed by atoms with E-state index in [-0.39, 0.29) is 11.3 Å². The van der Waals surface area contributed by atoms with Crippen molar-refractivity contribution in [3.05, 3.63) is 34.7 Å². The highest BCUT2D eigenvalue weighted by molar-refractivity contribution is 7.09. The Labute approximate surface area is 124 Å². The molecular formula is C16H20N2OS. The van der Waals surface area contributed by atoms with Crippen molar-refractivity contribution >= 4 is 22.9 Å². The molecule has 1 heterocycles. The SMILES string of the molecule is Cc1nc(-c2cccc(NC(=O)CC(C)(C)C)c2)cs1. The van der Waals surface area contributed by atoms with E-state index in [0.717, 1.165) is 22.0 Å². The lowest BCUT2D eigenvalue weighted by atomic mass is 9.92. The van der Waals surface area contributed by atoms with E-state index in [1.165, 1.54) is 0 Å². The van der Waals surface area contributed by atoms with Crippen molar-refractivity contribution in [2.45, 2.75) is 34.1 Å². The summed E-state index contributed by atoms with van der Waals surface area (Å²) in [7, 11) is 0. The molecule has 0 fully saturated rings. The second kappa shape index (κ2) is 5.75. The predicted octanol–water partition coefficient (Wildman–Crippen LogP) is 4.49. The van der Waals surface area contributed by atoms with Gasteiger partial charge in [0.15, 0.2) is 0 Å². The summed E-state index contributed by atoms with van der Waals surface area (Å²) in [5.74, 6) is 0.0455. The fraction of sp³-hybridized carbons (Fsp3) is 0.375. The van der Waals surface area contributed by atoms with Crippen molar-refractivity contribution in [2.24, 2.45) is 5.41 Å². The van der Waals surface area contributed by atoms with E-state index in [0.29, 0.717) is 6.42 Å². The van der Waals surface area contributed by atoms with Gasteiger partial charge in [-0.3, -0.25) is 4.79 Å². The van der Waals surface area contributed by atoms with Crippen LogP contribution in [0.5, 0.6) is 0 Å². The van der Waals surface area contributed by atoms with Gasteiger partial charge < -0.3 is 5.32 Å². The number of amides is 1. The average Bonchev–Trinajstić information content (AvgIpc) is 2.73. The number of nitrogens with one attached hydrogen (secondary N) is 1. The van der Waals surface area contributed by atoms with E-state index in [9.17, 15) is 4.79 Å². The van der Waals surface area contributed by atoms with Gasteiger partial charge >= 0.3 is 0 Å². The number of hydrogen-bond acceptors (Lipinski definition) is 3. The molecule has 1 N–H and O–H groups in total. The number of benzene rings is 1. The lowest BCUT2D eigenvalue weighted by Gasteiger charge is -2.17. The van der Waals surface area contributed by atoms with Crippen molar-refractivity contribution in [1.82, 2.24) is 4.98 Å². The van der Waals surface area contributed by atoms with Crippen LogP contribution in [0.15, 0.2) is 29.6 Å². The first kappa shape index (κ1) is 14.7. The van der Waals surface area contributed by atoms with E-state index >= 15 is 0 Å². The van der Waals surface area contributed by atoms with E-state index < -0.39 is 0 Å². The minimum atomic E-state index is -0.00623. The number of aryl methyl sites for hydroxylation is 1. The van der Waals surface area contributed by atoms with Gasteiger partial charge in [0.2, 0.25) is 5.91 Å². The normalized spacial score (nSPS) is 11.4. The Morgan fingerprint density at radius 1 is 1.35 bits per heavy atom. The van der Waals surface area contributed by atoms with Crippen molar-refractivity contribution in [2.75, 3.05) is 5.32 Å². The van der Waals surface area contributed by atoms with E-state index in [1.807, 2.05) is 36.6 Å².